The van der Waals surface area contributed by atoms with Gasteiger partial charge in [0.15, 0.2) is 0 Å². The largest absolute Gasteiger partial charge is 0.355 e. The number of benzene rings is 1. The van der Waals surface area contributed by atoms with Crippen LogP contribution in [0, 0.1) is 20.2 Å². The Labute approximate surface area is 172 Å². The first kappa shape index (κ1) is 20.3. The second-order valence-corrected chi connectivity index (χ2v) is 5.95. The fourth-order valence-electron chi connectivity index (χ4n) is 2.29. The number of halogens is 1. The fraction of sp³-hybridized carbons (Fsp3) is 0. The second kappa shape index (κ2) is 8.74. The van der Waals surface area contributed by atoms with Crippen molar-refractivity contribution in [2.24, 2.45) is 0 Å². The SMILES string of the molecule is O=C(NNc1ncnc(Nc2cccnc2)c1[N+](=O)[O-])c1ccc(Cl)c([N+](=O)[O-])c1. The number of hydrogen-bond acceptors (Lipinski definition) is 10. The molecule has 3 N–H and O–H groups in total. The summed E-state index contributed by atoms with van der Waals surface area (Å²) in [5.74, 6) is -1.25. The third-order valence-corrected chi connectivity index (χ3v) is 3.95. The van der Waals surface area contributed by atoms with E-state index in [0.717, 1.165) is 12.4 Å². The van der Waals surface area contributed by atoms with Crippen molar-refractivity contribution in [3.8, 4) is 0 Å². The average molecular weight is 431 g/mol. The summed E-state index contributed by atoms with van der Waals surface area (Å²) in [5, 5.41) is 25.1. The molecule has 30 heavy (non-hydrogen) atoms. The van der Waals surface area contributed by atoms with Crippen LogP contribution in [0.15, 0.2) is 49.1 Å². The number of carbonyl (C=O) groups is 1. The van der Waals surface area contributed by atoms with Crippen LogP contribution < -0.4 is 16.2 Å². The Morgan fingerprint density at radius 3 is 2.50 bits per heavy atom. The van der Waals surface area contributed by atoms with E-state index in [9.17, 15) is 25.0 Å². The number of nitro benzene ring substituents is 1. The van der Waals surface area contributed by atoms with Crippen molar-refractivity contribution in [1.29, 1.82) is 0 Å². The Kier molecular flexibility index (Phi) is 5.93. The molecule has 2 aromatic heterocycles. The zero-order valence-corrected chi connectivity index (χ0v) is 15.5. The van der Waals surface area contributed by atoms with Crippen LogP contribution in [0.4, 0.5) is 28.7 Å². The van der Waals surface area contributed by atoms with Crippen molar-refractivity contribution in [2.75, 3.05) is 10.7 Å². The molecule has 3 rings (SSSR count). The van der Waals surface area contributed by atoms with E-state index in [1.54, 1.807) is 12.1 Å². The minimum atomic E-state index is -0.801. The highest BCUT2D eigenvalue weighted by molar-refractivity contribution is 6.32. The second-order valence-electron chi connectivity index (χ2n) is 5.55. The molecule has 0 radical (unpaired) electrons. The number of aromatic nitrogens is 3. The summed E-state index contributed by atoms with van der Waals surface area (Å²) in [6, 6.07) is 6.68. The minimum Gasteiger partial charge on any atom is -0.333 e. The van der Waals surface area contributed by atoms with E-state index in [1.807, 2.05) is 0 Å². The molecule has 0 fully saturated rings. The van der Waals surface area contributed by atoms with E-state index >= 15 is 0 Å². The molecular weight excluding hydrogens is 420 g/mol. The Balaban J connectivity index is 1.82. The molecule has 0 saturated carbocycles. The molecule has 2 heterocycles. The van der Waals surface area contributed by atoms with Gasteiger partial charge in [0.05, 0.1) is 21.7 Å². The molecule has 3 aromatic rings. The smallest absolute Gasteiger partial charge is 0.333 e. The molecular formula is C16H11ClN8O5. The number of nitrogens with zero attached hydrogens (tertiary/aromatic N) is 5. The van der Waals surface area contributed by atoms with Crippen LogP contribution in [0.1, 0.15) is 10.4 Å². The van der Waals surface area contributed by atoms with Crippen molar-refractivity contribution >= 4 is 46.2 Å². The molecule has 1 amide bonds. The normalized spacial score (nSPS) is 10.2. The van der Waals surface area contributed by atoms with Crippen LogP contribution >= 0.6 is 11.6 Å². The van der Waals surface area contributed by atoms with E-state index in [4.69, 9.17) is 11.6 Å². The van der Waals surface area contributed by atoms with Crippen LogP contribution in [-0.4, -0.2) is 30.7 Å². The average Bonchev–Trinajstić information content (AvgIpc) is 2.72. The first-order chi connectivity index (χ1) is 14.4. The van der Waals surface area contributed by atoms with Gasteiger partial charge in [0.2, 0.25) is 11.6 Å². The summed E-state index contributed by atoms with van der Waals surface area (Å²) in [6.07, 6.45) is 4.02. The van der Waals surface area contributed by atoms with Crippen LogP contribution in [0.3, 0.4) is 0 Å². The third kappa shape index (κ3) is 4.53. The van der Waals surface area contributed by atoms with E-state index in [0.29, 0.717) is 5.69 Å². The molecule has 0 spiro atoms. The van der Waals surface area contributed by atoms with Gasteiger partial charge in [0.1, 0.15) is 11.3 Å². The number of nitrogens with one attached hydrogen (secondary N) is 3. The summed E-state index contributed by atoms with van der Waals surface area (Å²) in [7, 11) is 0. The van der Waals surface area contributed by atoms with Crippen molar-refractivity contribution in [1.82, 2.24) is 20.4 Å². The van der Waals surface area contributed by atoms with E-state index in [2.05, 4.69) is 31.1 Å². The van der Waals surface area contributed by atoms with Crippen LogP contribution in [-0.2, 0) is 0 Å². The first-order valence-corrected chi connectivity index (χ1v) is 8.41. The fourth-order valence-corrected chi connectivity index (χ4v) is 2.48. The highest BCUT2D eigenvalue weighted by Gasteiger charge is 2.24. The van der Waals surface area contributed by atoms with Gasteiger partial charge in [0, 0.05) is 17.8 Å². The van der Waals surface area contributed by atoms with Crippen molar-refractivity contribution in [3.63, 3.8) is 0 Å². The zero-order valence-electron chi connectivity index (χ0n) is 14.8. The molecule has 0 aliphatic rings. The highest BCUT2D eigenvalue weighted by atomic mass is 35.5. The monoisotopic (exact) mass is 430 g/mol. The topological polar surface area (TPSA) is 178 Å². The summed E-state index contributed by atoms with van der Waals surface area (Å²) >= 11 is 5.72. The zero-order chi connectivity index (χ0) is 21.7. The van der Waals surface area contributed by atoms with Gasteiger partial charge in [0.25, 0.3) is 11.6 Å². The van der Waals surface area contributed by atoms with Gasteiger partial charge in [-0.3, -0.25) is 40.9 Å². The summed E-state index contributed by atoms with van der Waals surface area (Å²) in [4.78, 5) is 44.8. The molecule has 0 aliphatic heterocycles. The Morgan fingerprint density at radius 1 is 1.07 bits per heavy atom. The maximum atomic E-state index is 12.3. The number of nitro groups is 2. The Hall–Kier alpha value is -4.39. The molecule has 1 aromatic carbocycles. The summed E-state index contributed by atoms with van der Waals surface area (Å²) < 4.78 is 0. The van der Waals surface area contributed by atoms with Crippen molar-refractivity contribution < 1.29 is 14.6 Å². The predicted octanol–water partition coefficient (Wildman–Crippen LogP) is 2.84. The van der Waals surface area contributed by atoms with Crippen LogP contribution in [0.25, 0.3) is 0 Å². The van der Waals surface area contributed by atoms with Gasteiger partial charge in [-0.15, -0.1) is 0 Å². The lowest BCUT2D eigenvalue weighted by Gasteiger charge is -2.11. The Morgan fingerprint density at radius 2 is 1.83 bits per heavy atom. The van der Waals surface area contributed by atoms with Crippen LogP contribution in [0.2, 0.25) is 5.02 Å². The molecule has 14 heteroatoms. The Bertz CT molecular complexity index is 1130. The molecule has 13 nitrogen and oxygen atoms in total. The van der Waals surface area contributed by atoms with E-state index in [-0.39, 0.29) is 22.2 Å². The lowest BCUT2D eigenvalue weighted by atomic mass is 10.2. The molecule has 0 saturated heterocycles. The van der Waals surface area contributed by atoms with Crippen LogP contribution in [0.5, 0.6) is 0 Å². The van der Waals surface area contributed by atoms with Gasteiger partial charge < -0.3 is 5.32 Å². The maximum absolute atomic E-state index is 12.3. The number of hydrazine groups is 1. The quantitative estimate of drug-likeness (QED) is 0.372. The number of pyridine rings is 1. The molecule has 0 atom stereocenters. The number of rotatable bonds is 7. The lowest BCUT2D eigenvalue weighted by molar-refractivity contribution is -0.384. The summed E-state index contributed by atoms with van der Waals surface area (Å²) in [6.45, 7) is 0. The molecule has 152 valence electrons. The predicted molar refractivity (Wildman–Crippen MR) is 105 cm³/mol. The molecule has 0 unspecified atom stereocenters. The lowest BCUT2D eigenvalue weighted by Crippen LogP contribution is -2.30. The van der Waals surface area contributed by atoms with E-state index < -0.39 is 27.1 Å². The maximum Gasteiger partial charge on any atom is 0.355 e. The summed E-state index contributed by atoms with van der Waals surface area (Å²) in [5.41, 5.74) is 3.89. The van der Waals surface area contributed by atoms with Gasteiger partial charge in [-0.25, -0.2) is 9.97 Å². The highest BCUT2D eigenvalue weighted by Crippen LogP contribution is 2.30. The first-order valence-electron chi connectivity index (χ1n) is 8.03. The van der Waals surface area contributed by atoms with E-state index in [1.165, 1.54) is 24.5 Å². The van der Waals surface area contributed by atoms with Gasteiger partial charge in [-0.1, -0.05) is 11.6 Å². The number of amides is 1. The third-order valence-electron chi connectivity index (χ3n) is 3.63. The van der Waals surface area contributed by atoms with Gasteiger partial charge >= 0.3 is 5.69 Å². The molecule has 0 bridgehead atoms. The van der Waals surface area contributed by atoms with Gasteiger partial charge in [-0.2, -0.15) is 0 Å². The van der Waals surface area contributed by atoms with Crippen molar-refractivity contribution in [3.05, 3.63) is 79.9 Å². The number of carbonyl (C=O) groups excluding carboxylic acids is 1. The number of anilines is 3. The minimum absolute atomic E-state index is 0.0935. The number of hydrogen-bond donors (Lipinski definition) is 3. The van der Waals surface area contributed by atoms with Gasteiger partial charge in [-0.05, 0) is 24.3 Å². The van der Waals surface area contributed by atoms with Crippen molar-refractivity contribution in [2.45, 2.75) is 0 Å². The molecule has 0 aliphatic carbocycles. The standard InChI is InChI=1S/C16H11ClN8O5/c17-11-4-3-9(6-12(11)24(27)28)16(26)23-22-15-13(25(29)30)14(19-8-20-15)21-10-2-1-5-18-7-10/h1-8H,(H,23,26)(H2,19,20,21,22).